The molecule has 4 nitrogen and oxygen atoms in total. The van der Waals surface area contributed by atoms with E-state index in [1.54, 1.807) is 24.3 Å². The average molecular weight is 418 g/mol. The summed E-state index contributed by atoms with van der Waals surface area (Å²) in [7, 11) is 0. The quantitative estimate of drug-likeness (QED) is 0.352. The van der Waals surface area contributed by atoms with Crippen LogP contribution in [0.3, 0.4) is 0 Å². The number of rotatable bonds is 2. The number of hydrogen-bond acceptors (Lipinski definition) is 4. The van der Waals surface area contributed by atoms with E-state index in [1.807, 2.05) is 72.8 Å². The summed E-state index contributed by atoms with van der Waals surface area (Å²) in [6.07, 6.45) is 0. The number of benzene rings is 5. The summed E-state index contributed by atoms with van der Waals surface area (Å²) in [6, 6.07) is 29.4. The van der Waals surface area contributed by atoms with Crippen LogP contribution >= 0.6 is 0 Å². The van der Waals surface area contributed by atoms with E-state index in [0.29, 0.717) is 33.0 Å². The number of hydrogen-bond donors (Lipinski definition) is 2. The molecule has 154 valence electrons. The number of phenols is 2. The van der Waals surface area contributed by atoms with E-state index in [0.717, 1.165) is 10.8 Å². The molecule has 0 unspecified atom stereocenters. The van der Waals surface area contributed by atoms with Crippen molar-refractivity contribution in [2.75, 3.05) is 0 Å². The second kappa shape index (κ2) is 6.59. The van der Waals surface area contributed by atoms with Crippen molar-refractivity contribution in [1.29, 1.82) is 0 Å². The van der Waals surface area contributed by atoms with Crippen LogP contribution in [0.1, 0.15) is 27.0 Å². The molecule has 4 heteroatoms. The molecule has 5 aromatic carbocycles. The molecule has 6 rings (SSSR count). The van der Waals surface area contributed by atoms with Crippen LogP contribution in [0.5, 0.6) is 11.5 Å². The van der Waals surface area contributed by atoms with Gasteiger partial charge in [-0.15, -0.1) is 0 Å². The number of esters is 1. The number of fused-ring (bicyclic) bond motifs is 3. The Hall–Kier alpha value is -4.31. The van der Waals surface area contributed by atoms with Gasteiger partial charge >= 0.3 is 5.97 Å². The molecule has 0 atom stereocenters. The number of carbonyl (C=O) groups excluding carboxylic acids is 1. The molecule has 5 aromatic rings. The summed E-state index contributed by atoms with van der Waals surface area (Å²) in [5.74, 6) is -0.244. The van der Waals surface area contributed by atoms with Crippen LogP contribution in [-0.4, -0.2) is 16.2 Å². The third-order valence-electron chi connectivity index (χ3n) is 6.27. The highest BCUT2D eigenvalue weighted by Crippen LogP contribution is 2.50. The molecular formula is C28H18O4. The van der Waals surface area contributed by atoms with Crippen molar-refractivity contribution in [3.8, 4) is 11.5 Å². The summed E-state index contributed by atoms with van der Waals surface area (Å²) >= 11 is 0. The maximum atomic E-state index is 13.0. The molecule has 1 aliphatic heterocycles. The van der Waals surface area contributed by atoms with Crippen LogP contribution in [-0.2, 0) is 10.3 Å². The van der Waals surface area contributed by atoms with Crippen LogP contribution in [0.15, 0.2) is 97.1 Å². The molecule has 0 aliphatic carbocycles. The first-order chi connectivity index (χ1) is 15.6. The summed E-state index contributed by atoms with van der Waals surface area (Å²) in [4.78, 5) is 13.0. The molecule has 0 fully saturated rings. The minimum absolute atomic E-state index is 0.0999. The van der Waals surface area contributed by atoms with Gasteiger partial charge in [0.2, 0.25) is 0 Å². The van der Waals surface area contributed by atoms with Gasteiger partial charge in [0.15, 0.2) is 5.60 Å². The van der Waals surface area contributed by atoms with E-state index in [2.05, 4.69) is 0 Å². The zero-order valence-electron chi connectivity index (χ0n) is 16.9. The van der Waals surface area contributed by atoms with E-state index in [-0.39, 0.29) is 11.5 Å². The lowest BCUT2D eigenvalue weighted by Crippen LogP contribution is -2.29. The maximum absolute atomic E-state index is 13.0. The Labute approximate surface area is 183 Å². The number of carbonyl (C=O) groups is 1. The van der Waals surface area contributed by atoms with E-state index in [4.69, 9.17) is 4.74 Å². The van der Waals surface area contributed by atoms with Crippen molar-refractivity contribution in [3.63, 3.8) is 0 Å². The van der Waals surface area contributed by atoms with E-state index < -0.39 is 11.6 Å². The van der Waals surface area contributed by atoms with Gasteiger partial charge in [0, 0.05) is 27.5 Å². The fourth-order valence-corrected chi connectivity index (χ4v) is 4.80. The van der Waals surface area contributed by atoms with Crippen LogP contribution in [0.2, 0.25) is 0 Å². The molecule has 0 bridgehead atoms. The van der Waals surface area contributed by atoms with Gasteiger partial charge in [0.1, 0.15) is 11.5 Å². The van der Waals surface area contributed by atoms with Crippen LogP contribution in [0, 0.1) is 0 Å². The molecule has 0 saturated carbocycles. The fraction of sp³-hybridized carbons (Fsp3) is 0.0357. The molecule has 0 aromatic heterocycles. The minimum atomic E-state index is -1.31. The second-order valence-corrected chi connectivity index (χ2v) is 8.05. The third-order valence-corrected chi connectivity index (χ3v) is 6.27. The van der Waals surface area contributed by atoms with Gasteiger partial charge in [-0.05, 0) is 41.1 Å². The Morgan fingerprint density at radius 1 is 0.625 bits per heavy atom. The van der Waals surface area contributed by atoms with Crippen molar-refractivity contribution < 1.29 is 19.7 Å². The Morgan fingerprint density at radius 3 is 1.72 bits per heavy atom. The molecule has 0 amide bonds. The predicted molar refractivity (Wildman–Crippen MR) is 123 cm³/mol. The Balaban J connectivity index is 1.74. The molecule has 1 heterocycles. The van der Waals surface area contributed by atoms with E-state index >= 15 is 0 Å². The monoisotopic (exact) mass is 418 g/mol. The maximum Gasteiger partial charge on any atom is 0.340 e. The summed E-state index contributed by atoms with van der Waals surface area (Å²) < 4.78 is 6.14. The molecule has 32 heavy (non-hydrogen) atoms. The lowest BCUT2D eigenvalue weighted by Gasteiger charge is -2.31. The van der Waals surface area contributed by atoms with Gasteiger partial charge in [-0.3, -0.25) is 0 Å². The largest absolute Gasteiger partial charge is 0.507 e. The Morgan fingerprint density at radius 2 is 1.12 bits per heavy atom. The van der Waals surface area contributed by atoms with Crippen molar-refractivity contribution in [2.24, 2.45) is 0 Å². The van der Waals surface area contributed by atoms with Gasteiger partial charge in [0.25, 0.3) is 0 Å². The van der Waals surface area contributed by atoms with Crippen LogP contribution in [0.4, 0.5) is 0 Å². The highest BCUT2D eigenvalue weighted by Gasteiger charge is 2.49. The first-order valence-corrected chi connectivity index (χ1v) is 10.4. The number of cyclic esters (lactones) is 1. The third kappa shape index (κ3) is 2.47. The molecule has 0 saturated heterocycles. The van der Waals surface area contributed by atoms with Crippen molar-refractivity contribution in [2.45, 2.75) is 5.60 Å². The van der Waals surface area contributed by atoms with Crippen LogP contribution < -0.4 is 0 Å². The number of phenolic OH excluding ortho intramolecular Hbond substituents is 2. The molecule has 2 N–H and O–H groups in total. The van der Waals surface area contributed by atoms with Gasteiger partial charge in [-0.2, -0.15) is 0 Å². The lowest BCUT2D eigenvalue weighted by molar-refractivity contribution is 0.0251. The van der Waals surface area contributed by atoms with E-state index in [1.165, 1.54) is 0 Å². The molecule has 0 radical (unpaired) electrons. The molecular weight excluding hydrogens is 400 g/mol. The SMILES string of the molecule is O=C1OC(c2cc(O)c3ccccc3c2)(c2cc(O)c3ccccc3c2)c2ccccc21. The van der Waals surface area contributed by atoms with Gasteiger partial charge in [0.05, 0.1) is 5.56 Å². The summed E-state index contributed by atoms with van der Waals surface area (Å²) in [6.45, 7) is 0. The zero-order chi connectivity index (χ0) is 21.9. The standard InChI is InChI=1S/C28H18O4/c29-25-15-19(13-17-7-1-3-9-21(17)25)28(24-12-6-5-11-23(24)27(31)32-28)20-14-18-8-2-4-10-22(18)26(30)16-20/h1-16,29-30H. The van der Waals surface area contributed by atoms with Crippen LogP contribution in [0.25, 0.3) is 21.5 Å². The first-order valence-electron chi connectivity index (χ1n) is 10.4. The highest BCUT2D eigenvalue weighted by atomic mass is 16.6. The second-order valence-electron chi connectivity index (χ2n) is 8.05. The highest BCUT2D eigenvalue weighted by molar-refractivity contribution is 5.98. The predicted octanol–water partition coefficient (Wildman–Crippen LogP) is 5.87. The average Bonchev–Trinajstić information content (AvgIpc) is 3.13. The van der Waals surface area contributed by atoms with Gasteiger partial charge < -0.3 is 14.9 Å². The fourth-order valence-electron chi connectivity index (χ4n) is 4.80. The topological polar surface area (TPSA) is 66.8 Å². The summed E-state index contributed by atoms with van der Waals surface area (Å²) in [5.41, 5.74) is 1.06. The van der Waals surface area contributed by atoms with E-state index in [9.17, 15) is 15.0 Å². The number of aromatic hydroxyl groups is 2. The normalized spacial score (nSPS) is 14.4. The smallest absolute Gasteiger partial charge is 0.340 e. The van der Waals surface area contributed by atoms with Gasteiger partial charge in [-0.25, -0.2) is 4.79 Å². The number of ether oxygens (including phenoxy) is 1. The van der Waals surface area contributed by atoms with Crippen molar-refractivity contribution >= 4 is 27.5 Å². The van der Waals surface area contributed by atoms with Crippen molar-refractivity contribution in [1.82, 2.24) is 0 Å². The first kappa shape index (κ1) is 18.5. The summed E-state index contributed by atoms with van der Waals surface area (Å²) in [5, 5.41) is 24.7. The van der Waals surface area contributed by atoms with Gasteiger partial charge in [-0.1, -0.05) is 66.7 Å². The Bertz CT molecular complexity index is 1470. The minimum Gasteiger partial charge on any atom is -0.507 e. The lowest BCUT2D eigenvalue weighted by atomic mass is 9.78. The Kier molecular flexibility index (Phi) is 3.80. The van der Waals surface area contributed by atoms with Crippen molar-refractivity contribution in [3.05, 3.63) is 119 Å². The zero-order valence-corrected chi connectivity index (χ0v) is 16.9. The molecule has 1 aliphatic rings. The molecule has 0 spiro atoms.